The van der Waals surface area contributed by atoms with Crippen LogP contribution in [0.2, 0.25) is 0 Å². The van der Waals surface area contributed by atoms with E-state index in [0.29, 0.717) is 31.1 Å². The molecule has 0 radical (unpaired) electrons. The first-order chi connectivity index (χ1) is 11.2. The lowest BCUT2D eigenvalue weighted by Gasteiger charge is -2.41. The highest BCUT2D eigenvalue weighted by atomic mass is 32.1. The first-order valence-electron chi connectivity index (χ1n) is 7.69. The normalized spacial score (nSPS) is 23.4. The van der Waals surface area contributed by atoms with Gasteiger partial charge in [0.15, 0.2) is 5.13 Å². The van der Waals surface area contributed by atoms with Crippen LogP contribution in [0.5, 0.6) is 0 Å². The molecule has 1 amide bonds. The van der Waals surface area contributed by atoms with Gasteiger partial charge in [-0.15, -0.1) is 16.4 Å². The molecule has 0 spiro atoms. The van der Waals surface area contributed by atoms with E-state index in [2.05, 4.69) is 15.3 Å². The number of piperidine rings is 1. The molecule has 8 nitrogen and oxygen atoms in total. The van der Waals surface area contributed by atoms with Gasteiger partial charge in [-0.25, -0.2) is 9.67 Å². The van der Waals surface area contributed by atoms with Gasteiger partial charge >= 0.3 is 0 Å². The van der Waals surface area contributed by atoms with E-state index in [0.717, 1.165) is 24.4 Å². The molecule has 2 aromatic heterocycles. The van der Waals surface area contributed by atoms with Crippen LogP contribution in [0.3, 0.4) is 0 Å². The van der Waals surface area contributed by atoms with Crippen molar-refractivity contribution in [3.63, 3.8) is 0 Å². The van der Waals surface area contributed by atoms with Crippen LogP contribution in [0.4, 0.5) is 5.13 Å². The van der Waals surface area contributed by atoms with Gasteiger partial charge in [0.25, 0.3) is 0 Å². The quantitative estimate of drug-likeness (QED) is 0.883. The van der Waals surface area contributed by atoms with E-state index >= 15 is 0 Å². The number of hydrogen-bond acceptors (Lipinski definition) is 7. The van der Waals surface area contributed by atoms with E-state index in [1.807, 2.05) is 15.0 Å². The minimum Gasteiger partial charge on any atom is -0.375 e. The Bertz CT molecular complexity index is 714. The summed E-state index contributed by atoms with van der Waals surface area (Å²) in [4.78, 5) is 18.6. The number of thiazole rings is 1. The standard InChI is InChI=1S/C14H18N6O2S/c15-14-17-9(8-23-14)1-2-13(21)19-4-3-12-11(6-19)20-10(7-22-12)5-16-18-20/h5,8,11-12H,1-4,6-7H2,(H2,15,17)/t11-,12+/m1/s1. The van der Waals surface area contributed by atoms with Crippen LogP contribution in [0.1, 0.15) is 30.3 Å². The van der Waals surface area contributed by atoms with Gasteiger partial charge in [-0.1, -0.05) is 5.21 Å². The fraction of sp³-hybridized carbons (Fsp3) is 0.571. The van der Waals surface area contributed by atoms with Crippen LogP contribution in [0.15, 0.2) is 11.6 Å². The number of nitrogens with zero attached hydrogens (tertiary/aromatic N) is 5. The summed E-state index contributed by atoms with van der Waals surface area (Å²) in [5.41, 5.74) is 7.47. The van der Waals surface area contributed by atoms with Crippen LogP contribution in [-0.4, -0.2) is 50.0 Å². The van der Waals surface area contributed by atoms with E-state index in [-0.39, 0.29) is 18.1 Å². The highest BCUT2D eigenvalue weighted by Crippen LogP contribution is 2.30. The second-order valence-electron chi connectivity index (χ2n) is 5.89. The Morgan fingerprint density at radius 3 is 3.26 bits per heavy atom. The number of anilines is 1. The molecule has 2 atom stereocenters. The van der Waals surface area contributed by atoms with Crippen LogP contribution in [0, 0.1) is 0 Å². The van der Waals surface area contributed by atoms with Gasteiger partial charge < -0.3 is 15.4 Å². The Hall–Kier alpha value is -2.00. The molecule has 4 rings (SSSR count). The van der Waals surface area contributed by atoms with Gasteiger partial charge in [0.1, 0.15) is 0 Å². The maximum absolute atomic E-state index is 12.5. The number of nitrogen functional groups attached to an aromatic ring is 1. The molecule has 2 aliphatic heterocycles. The maximum Gasteiger partial charge on any atom is 0.223 e. The number of fused-ring (bicyclic) bond motifs is 3. The zero-order chi connectivity index (χ0) is 15.8. The molecule has 1 fully saturated rings. The Morgan fingerprint density at radius 2 is 2.43 bits per heavy atom. The first kappa shape index (κ1) is 14.6. The molecule has 0 unspecified atom stereocenters. The zero-order valence-electron chi connectivity index (χ0n) is 12.6. The molecular formula is C14H18N6O2S. The number of carbonyl (C=O) groups excluding carboxylic acids is 1. The average molecular weight is 334 g/mol. The Morgan fingerprint density at radius 1 is 1.52 bits per heavy atom. The lowest BCUT2D eigenvalue weighted by Crippen LogP contribution is -2.49. The molecule has 0 aromatic carbocycles. The van der Waals surface area contributed by atoms with Crippen molar-refractivity contribution in [2.45, 2.75) is 38.0 Å². The fourth-order valence-electron chi connectivity index (χ4n) is 3.24. The molecule has 2 N–H and O–H groups in total. The monoisotopic (exact) mass is 334 g/mol. The summed E-state index contributed by atoms with van der Waals surface area (Å²) in [7, 11) is 0. The number of aromatic nitrogens is 4. The van der Waals surface area contributed by atoms with Crippen molar-refractivity contribution in [2.75, 3.05) is 18.8 Å². The van der Waals surface area contributed by atoms with Gasteiger partial charge in [0.05, 0.1) is 36.3 Å². The molecule has 122 valence electrons. The number of carbonyl (C=O) groups is 1. The third-order valence-electron chi connectivity index (χ3n) is 4.45. The van der Waals surface area contributed by atoms with Crippen molar-refractivity contribution in [1.29, 1.82) is 0 Å². The molecule has 0 bridgehead atoms. The number of aryl methyl sites for hydroxylation is 1. The van der Waals surface area contributed by atoms with E-state index in [9.17, 15) is 4.79 Å². The van der Waals surface area contributed by atoms with Crippen LogP contribution in [0.25, 0.3) is 0 Å². The van der Waals surface area contributed by atoms with Gasteiger partial charge in [-0.05, 0) is 12.8 Å². The molecule has 2 aliphatic rings. The molecule has 0 aliphatic carbocycles. The molecule has 23 heavy (non-hydrogen) atoms. The summed E-state index contributed by atoms with van der Waals surface area (Å²) < 4.78 is 7.78. The molecule has 2 aromatic rings. The van der Waals surface area contributed by atoms with Gasteiger partial charge in [-0.2, -0.15) is 0 Å². The number of likely N-dealkylation sites (tertiary alicyclic amines) is 1. The molecule has 1 saturated heterocycles. The molecule has 0 saturated carbocycles. The third-order valence-corrected chi connectivity index (χ3v) is 5.17. The van der Waals surface area contributed by atoms with Crippen molar-refractivity contribution in [2.24, 2.45) is 0 Å². The number of hydrogen-bond donors (Lipinski definition) is 1. The predicted octanol–water partition coefficient (Wildman–Crippen LogP) is 0.622. The fourth-order valence-corrected chi connectivity index (χ4v) is 3.83. The summed E-state index contributed by atoms with van der Waals surface area (Å²) in [6, 6.07) is 0.0638. The highest BCUT2D eigenvalue weighted by Gasteiger charge is 2.37. The molecular weight excluding hydrogens is 316 g/mol. The summed E-state index contributed by atoms with van der Waals surface area (Å²) in [6.07, 6.45) is 3.75. The van der Waals surface area contributed by atoms with Gasteiger partial charge in [0.2, 0.25) is 5.91 Å². The Labute approximate surface area is 137 Å². The summed E-state index contributed by atoms with van der Waals surface area (Å²) in [5.74, 6) is 0.141. The smallest absolute Gasteiger partial charge is 0.223 e. The van der Waals surface area contributed by atoms with Gasteiger partial charge in [-0.3, -0.25) is 4.79 Å². The van der Waals surface area contributed by atoms with Crippen molar-refractivity contribution < 1.29 is 9.53 Å². The minimum atomic E-state index is 0.0638. The SMILES string of the molecule is Nc1nc(CCC(=O)N2CC[C@@H]3OCc4cnnn4[C@@H]3C2)cs1. The lowest BCUT2D eigenvalue weighted by atomic mass is 10.00. The van der Waals surface area contributed by atoms with Crippen LogP contribution < -0.4 is 5.73 Å². The van der Waals surface area contributed by atoms with E-state index < -0.39 is 0 Å². The summed E-state index contributed by atoms with van der Waals surface area (Å²) >= 11 is 1.41. The second-order valence-corrected chi connectivity index (χ2v) is 6.78. The topological polar surface area (TPSA) is 99.2 Å². The van der Waals surface area contributed by atoms with Gasteiger partial charge in [0, 0.05) is 24.9 Å². The third kappa shape index (κ3) is 2.81. The molecule has 4 heterocycles. The molecule has 9 heteroatoms. The lowest BCUT2D eigenvalue weighted by molar-refractivity contribution is -0.138. The second kappa shape index (κ2) is 5.89. The number of amides is 1. The minimum absolute atomic E-state index is 0.0638. The first-order valence-corrected chi connectivity index (χ1v) is 8.57. The van der Waals surface area contributed by atoms with Crippen LogP contribution >= 0.6 is 11.3 Å². The van der Waals surface area contributed by atoms with Crippen molar-refractivity contribution in [1.82, 2.24) is 24.9 Å². The average Bonchev–Trinajstić information content (AvgIpc) is 3.20. The largest absolute Gasteiger partial charge is 0.375 e. The number of ether oxygens (including phenoxy) is 1. The number of rotatable bonds is 3. The van der Waals surface area contributed by atoms with E-state index in [4.69, 9.17) is 10.5 Å². The number of nitrogens with two attached hydrogens (primary N) is 1. The van der Waals surface area contributed by atoms with Crippen LogP contribution in [-0.2, 0) is 22.6 Å². The van der Waals surface area contributed by atoms with E-state index in [1.54, 1.807) is 6.20 Å². The Kier molecular flexibility index (Phi) is 3.74. The van der Waals surface area contributed by atoms with Crippen molar-refractivity contribution in [3.8, 4) is 0 Å². The van der Waals surface area contributed by atoms with Crippen molar-refractivity contribution in [3.05, 3.63) is 23.0 Å². The maximum atomic E-state index is 12.5. The van der Waals surface area contributed by atoms with E-state index in [1.165, 1.54) is 11.3 Å². The highest BCUT2D eigenvalue weighted by molar-refractivity contribution is 7.13. The van der Waals surface area contributed by atoms with Crippen molar-refractivity contribution >= 4 is 22.4 Å². The predicted molar refractivity (Wildman–Crippen MR) is 83.7 cm³/mol. The summed E-state index contributed by atoms with van der Waals surface area (Å²) in [5, 5.41) is 10.6. The zero-order valence-corrected chi connectivity index (χ0v) is 13.4. The Balaban J connectivity index is 1.40. The summed E-state index contributed by atoms with van der Waals surface area (Å²) in [6.45, 7) is 1.90.